The van der Waals surface area contributed by atoms with Crippen molar-refractivity contribution in [2.45, 2.75) is 11.4 Å². The summed E-state index contributed by atoms with van der Waals surface area (Å²) in [6.07, 6.45) is 0. The molecule has 1 fully saturated rings. The van der Waals surface area contributed by atoms with Crippen molar-refractivity contribution in [1.29, 1.82) is 0 Å². The number of hydrogen-bond donors (Lipinski definition) is 1. The van der Waals surface area contributed by atoms with Crippen molar-refractivity contribution in [2.24, 2.45) is 0 Å². The third kappa shape index (κ3) is 3.90. The van der Waals surface area contributed by atoms with Crippen LogP contribution in [0.3, 0.4) is 0 Å². The van der Waals surface area contributed by atoms with E-state index in [9.17, 15) is 22.9 Å². The zero-order valence-electron chi connectivity index (χ0n) is 14.0. The number of sulfonamides is 1. The van der Waals surface area contributed by atoms with E-state index in [0.717, 1.165) is 5.56 Å². The summed E-state index contributed by atoms with van der Waals surface area (Å²) in [6, 6.07) is 11.7. The highest BCUT2D eigenvalue weighted by Crippen LogP contribution is 2.26. The van der Waals surface area contributed by atoms with Crippen molar-refractivity contribution < 1.29 is 22.6 Å². The molecule has 3 rings (SSSR count). The summed E-state index contributed by atoms with van der Waals surface area (Å²) in [4.78, 5) is 11.4. The maximum absolute atomic E-state index is 13.0. The van der Waals surface area contributed by atoms with Gasteiger partial charge in [0.15, 0.2) is 4.90 Å². The Balaban J connectivity index is 1.69. The average Bonchev–Trinajstić information content (AvgIpc) is 2.64. The first-order chi connectivity index (χ1) is 12.4. The molecule has 138 valence electrons. The van der Waals surface area contributed by atoms with E-state index in [4.69, 9.17) is 0 Å². The average molecular weight is 380 g/mol. The van der Waals surface area contributed by atoms with Crippen molar-refractivity contribution in [3.8, 4) is 0 Å². The highest BCUT2D eigenvalue weighted by atomic mass is 32.2. The molecule has 0 aromatic heterocycles. The Morgan fingerprint density at radius 3 is 2.31 bits per heavy atom. The van der Waals surface area contributed by atoms with Crippen LogP contribution in [0.25, 0.3) is 0 Å². The number of para-hydroxylation sites is 1. The second-order valence-electron chi connectivity index (χ2n) is 6.18. The minimum Gasteiger partial charge on any atom is -0.329 e. The van der Waals surface area contributed by atoms with Crippen molar-refractivity contribution >= 4 is 15.7 Å². The molecule has 2 aromatic carbocycles. The molecule has 1 aliphatic heterocycles. The van der Waals surface area contributed by atoms with Crippen LogP contribution < -0.4 is 4.90 Å². The molecule has 0 radical (unpaired) electrons. The molecule has 1 aliphatic rings. The van der Waals surface area contributed by atoms with Gasteiger partial charge in [0.2, 0.25) is 10.0 Å². The monoisotopic (exact) mass is 380 g/mol. The third-order valence-electron chi connectivity index (χ3n) is 4.48. The fourth-order valence-corrected chi connectivity index (χ4v) is 4.67. The quantitative estimate of drug-likeness (QED) is 0.615. The molecule has 0 aliphatic carbocycles. The summed E-state index contributed by atoms with van der Waals surface area (Å²) in [5, 5.41) is 11.1. The van der Waals surface area contributed by atoms with Gasteiger partial charge in [-0.05, 0) is 18.2 Å². The summed E-state index contributed by atoms with van der Waals surface area (Å²) in [7, 11) is -3.91. The first-order valence-electron chi connectivity index (χ1n) is 8.19. The van der Waals surface area contributed by atoms with Crippen LogP contribution in [0.1, 0.15) is 5.56 Å². The van der Waals surface area contributed by atoms with E-state index in [1.165, 1.54) is 45.6 Å². The lowest BCUT2D eigenvalue weighted by atomic mass is 10.2. The van der Waals surface area contributed by atoms with Gasteiger partial charge in [-0.3, -0.25) is 10.1 Å². The SMILES string of the molecule is O=[N+]([O-])c1ccccc1S(=O)(=O)N1CC[NH+](Cc2ccc(F)cc2)CC1. The zero-order valence-corrected chi connectivity index (χ0v) is 14.8. The molecule has 7 nitrogen and oxygen atoms in total. The van der Waals surface area contributed by atoms with E-state index in [0.29, 0.717) is 19.6 Å². The van der Waals surface area contributed by atoms with Gasteiger partial charge in [0.1, 0.15) is 12.4 Å². The van der Waals surface area contributed by atoms with Gasteiger partial charge in [-0.15, -0.1) is 0 Å². The molecule has 2 aromatic rings. The second kappa shape index (κ2) is 7.48. The van der Waals surface area contributed by atoms with E-state index in [1.54, 1.807) is 12.1 Å². The highest BCUT2D eigenvalue weighted by molar-refractivity contribution is 7.89. The molecule has 9 heteroatoms. The van der Waals surface area contributed by atoms with Gasteiger partial charge in [-0.25, -0.2) is 12.8 Å². The largest absolute Gasteiger partial charge is 0.329 e. The van der Waals surface area contributed by atoms with Gasteiger partial charge in [-0.1, -0.05) is 24.3 Å². The fourth-order valence-electron chi connectivity index (χ4n) is 3.08. The second-order valence-corrected chi connectivity index (χ2v) is 8.09. The molecule has 0 bridgehead atoms. The van der Waals surface area contributed by atoms with Gasteiger partial charge >= 0.3 is 0 Å². The minimum atomic E-state index is -3.91. The van der Waals surface area contributed by atoms with Crippen molar-refractivity contribution in [3.63, 3.8) is 0 Å². The first kappa shape index (κ1) is 18.4. The Morgan fingerprint density at radius 2 is 1.69 bits per heavy atom. The maximum atomic E-state index is 13.0. The minimum absolute atomic E-state index is 0.271. The molecule has 0 saturated carbocycles. The van der Waals surface area contributed by atoms with Crippen LogP contribution in [0.5, 0.6) is 0 Å². The predicted octanol–water partition coefficient (Wildman–Crippen LogP) is 0.823. The molecule has 0 amide bonds. The summed E-state index contributed by atoms with van der Waals surface area (Å²) < 4.78 is 39.8. The number of nitrogens with one attached hydrogen (secondary N) is 1. The number of halogens is 1. The normalized spacial score (nSPS) is 16.5. The van der Waals surface area contributed by atoms with Gasteiger partial charge < -0.3 is 4.90 Å². The number of hydrogen-bond acceptors (Lipinski definition) is 4. The number of quaternary nitrogens is 1. The zero-order chi connectivity index (χ0) is 18.7. The van der Waals surface area contributed by atoms with Gasteiger partial charge in [-0.2, -0.15) is 4.31 Å². The van der Waals surface area contributed by atoms with E-state index < -0.39 is 20.6 Å². The lowest BCUT2D eigenvalue weighted by molar-refractivity contribution is -0.917. The first-order valence-corrected chi connectivity index (χ1v) is 9.63. The van der Waals surface area contributed by atoms with Crippen LogP contribution in [-0.4, -0.2) is 43.8 Å². The molecular formula is C17H19FN3O4S+. The molecule has 0 spiro atoms. The van der Waals surface area contributed by atoms with Crippen LogP contribution in [-0.2, 0) is 16.6 Å². The number of benzene rings is 2. The highest BCUT2D eigenvalue weighted by Gasteiger charge is 2.34. The standard InChI is InChI=1S/C17H18FN3O4S/c18-15-7-5-14(6-8-15)13-19-9-11-20(12-10-19)26(24,25)17-4-2-1-3-16(17)21(22)23/h1-8H,9-13H2/p+1. The lowest BCUT2D eigenvalue weighted by Gasteiger charge is -2.31. The number of rotatable bonds is 5. The Morgan fingerprint density at radius 1 is 1.08 bits per heavy atom. The van der Waals surface area contributed by atoms with Crippen LogP contribution in [0.4, 0.5) is 10.1 Å². The van der Waals surface area contributed by atoms with Gasteiger partial charge in [0, 0.05) is 11.6 Å². The summed E-state index contributed by atoms with van der Waals surface area (Å²) >= 11 is 0. The number of nitro groups is 1. The number of nitrogens with zero attached hydrogens (tertiary/aromatic N) is 2. The molecule has 1 N–H and O–H groups in total. The molecule has 26 heavy (non-hydrogen) atoms. The van der Waals surface area contributed by atoms with Crippen LogP contribution >= 0.6 is 0 Å². The lowest BCUT2D eigenvalue weighted by Crippen LogP contribution is -3.13. The van der Waals surface area contributed by atoms with Crippen LogP contribution in [0, 0.1) is 15.9 Å². The molecule has 1 saturated heterocycles. The molecular weight excluding hydrogens is 361 g/mol. The number of nitro benzene ring substituents is 1. The Kier molecular flexibility index (Phi) is 5.30. The van der Waals surface area contributed by atoms with Crippen molar-refractivity contribution in [2.75, 3.05) is 26.2 Å². The maximum Gasteiger partial charge on any atom is 0.289 e. The van der Waals surface area contributed by atoms with Crippen LogP contribution in [0.15, 0.2) is 53.4 Å². The Bertz CT molecular complexity index is 894. The third-order valence-corrected chi connectivity index (χ3v) is 6.42. The van der Waals surface area contributed by atoms with Crippen LogP contribution in [0.2, 0.25) is 0 Å². The van der Waals surface area contributed by atoms with Crippen molar-refractivity contribution in [1.82, 2.24) is 4.31 Å². The van der Waals surface area contributed by atoms with E-state index in [-0.39, 0.29) is 23.8 Å². The topological polar surface area (TPSA) is 85.0 Å². The fraction of sp³-hybridized carbons (Fsp3) is 0.294. The molecule has 1 heterocycles. The van der Waals surface area contributed by atoms with E-state index in [1.807, 2.05) is 0 Å². The summed E-state index contributed by atoms with van der Waals surface area (Å²) in [5.74, 6) is -0.288. The summed E-state index contributed by atoms with van der Waals surface area (Å²) in [6.45, 7) is 2.41. The smallest absolute Gasteiger partial charge is 0.289 e. The molecule has 0 unspecified atom stereocenters. The Labute approximate surface area is 150 Å². The summed E-state index contributed by atoms with van der Waals surface area (Å²) in [5.41, 5.74) is 0.574. The number of piperazine rings is 1. The molecule has 0 atom stereocenters. The van der Waals surface area contributed by atoms with Crippen molar-refractivity contribution in [3.05, 3.63) is 70.0 Å². The predicted molar refractivity (Wildman–Crippen MR) is 92.7 cm³/mol. The van der Waals surface area contributed by atoms with E-state index in [2.05, 4.69) is 0 Å². The van der Waals surface area contributed by atoms with E-state index >= 15 is 0 Å². The van der Waals surface area contributed by atoms with Gasteiger partial charge in [0.05, 0.1) is 31.1 Å². The Hall–Kier alpha value is -2.36. The van der Waals surface area contributed by atoms with Gasteiger partial charge in [0.25, 0.3) is 5.69 Å².